The van der Waals surface area contributed by atoms with E-state index in [1.807, 2.05) is 0 Å². The predicted octanol–water partition coefficient (Wildman–Crippen LogP) is 4.82. The Labute approximate surface area is 205 Å². The molecule has 1 heterocycles. The molecule has 3 rings (SSSR count). The number of carbonyl (C=O) groups is 2. The van der Waals surface area contributed by atoms with Crippen molar-refractivity contribution < 1.29 is 36.6 Å². The summed E-state index contributed by atoms with van der Waals surface area (Å²) in [5.74, 6) is -1.89. The Morgan fingerprint density at radius 3 is 2.23 bits per heavy atom. The van der Waals surface area contributed by atoms with Crippen LogP contribution in [0.1, 0.15) is 22.2 Å². The van der Waals surface area contributed by atoms with Crippen molar-refractivity contribution in [2.24, 2.45) is 5.73 Å². The largest absolute Gasteiger partial charge is 0.435 e. The number of nitrogen functional groups attached to an aromatic ring is 1. The number of thiazole rings is 1. The highest BCUT2D eigenvalue weighted by molar-refractivity contribution is 7.18. The number of halogens is 5. The van der Waals surface area contributed by atoms with Crippen molar-refractivity contribution >= 4 is 51.3 Å². The third-order valence-corrected chi connectivity index (χ3v) is 5.97. The van der Waals surface area contributed by atoms with Gasteiger partial charge in [0.1, 0.15) is 28.2 Å². The van der Waals surface area contributed by atoms with Crippen molar-refractivity contribution in [2.45, 2.75) is 26.2 Å². The van der Waals surface area contributed by atoms with E-state index in [1.54, 1.807) is 0 Å². The summed E-state index contributed by atoms with van der Waals surface area (Å²) in [5.41, 5.74) is 11.8. The van der Waals surface area contributed by atoms with E-state index in [0.29, 0.717) is 0 Å². The summed E-state index contributed by atoms with van der Waals surface area (Å²) in [5, 5.41) is -0.0789. The number of anilines is 3. The fourth-order valence-corrected chi connectivity index (χ4v) is 4.23. The van der Waals surface area contributed by atoms with E-state index in [4.69, 9.17) is 23.1 Å². The van der Waals surface area contributed by atoms with Crippen LogP contribution in [0, 0.1) is 0 Å². The fourth-order valence-electron chi connectivity index (χ4n) is 2.96. The molecule has 0 unspecified atom stereocenters. The van der Waals surface area contributed by atoms with E-state index in [9.17, 15) is 27.2 Å². The summed E-state index contributed by atoms with van der Waals surface area (Å²) in [6, 6.07) is 7.75. The standard InChI is InChI=1S/C21H17ClF4N4O4S/c1-9(18(28)32)30(11-4-7-14(13(22)8-11)34-20(25)26)21-29-17(27)16(35-21)15(31)10-2-5-12(6-3-10)33-19(23)24/h2-9,19-20H,27H2,1H3,(H2,28,32)/t9-/m1/s1. The lowest BCUT2D eigenvalue weighted by molar-refractivity contribution is -0.118. The highest BCUT2D eigenvalue weighted by Crippen LogP contribution is 2.39. The van der Waals surface area contributed by atoms with Crippen molar-refractivity contribution in [3.8, 4) is 11.5 Å². The summed E-state index contributed by atoms with van der Waals surface area (Å²) in [4.78, 5) is 30.4. The molecule has 0 bridgehead atoms. The summed E-state index contributed by atoms with van der Waals surface area (Å²) in [7, 11) is 0. The number of aromatic nitrogens is 1. The zero-order valence-corrected chi connectivity index (χ0v) is 19.3. The Morgan fingerprint density at radius 1 is 1.06 bits per heavy atom. The van der Waals surface area contributed by atoms with Gasteiger partial charge in [-0.1, -0.05) is 22.9 Å². The van der Waals surface area contributed by atoms with Gasteiger partial charge < -0.3 is 25.8 Å². The third-order valence-electron chi connectivity index (χ3n) is 4.60. The Hall–Kier alpha value is -3.58. The van der Waals surface area contributed by atoms with Crippen LogP contribution in [-0.2, 0) is 4.79 Å². The number of carbonyl (C=O) groups excluding carboxylic acids is 2. The monoisotopic (exact) mass is 532 g/mol. The number of ketones is 1. The highest BCUT2D eigenvalue weighted by atomic mass is 35.5. The van der Waals surface area contributed by atoms with E-state index in [0.717, 1.165) is 11.3 Å². The molecule has 35 heavy (non-hydrogen) atoms. The van der Waals surface area contributed by atoms with Gasteiger partial charge in [-0.2, -0.15) is 17.6 Å². The number of nitrogens with two attached hydrogens (primary N) is 2. The maximum Gasteiger partial charge on any atom is 0.387 e. The molecule has 186 valence electrons. The predicted molar refractivity (Wildman–Crippen MR) is 122 cm³/mol. The maximum atomic E-state index is 13.0. The lowest BCUT2D eigenvalue weighted by Gasteiger charge is -2.27. The first-order valence-corrected chi connectivity index (χ1v) is 10.9. The Morgan fingerprint density at radius 2 is 1.69 bits per heavy atom. The lowest BCUT2D eigenvalue weighted by atomic mass is 10.1. The topological polar surface area (TPSA) is 121 Å². The minimum atomic E-state index is -3.10. The second-order valence-corrected chi connectivity index (χ2v) is 8.27. The quantitative estimate of drug-likeness (QED) is 0.283. The van der Waals surface area contributed by atoms with Crippen LogP contribution in [0.4, 0.5) is 34.2 Å². The molecule has 8 nitrogen and oxygen atoms in total. The molecule has 4 N–H and O–H groups in total. The van der Waals surface area contributed by atoms with Crippen LogP contribution in [0.25, 0.3) is 0 Å². The molecule has 0 spiro atoms. The minimum Gasteiger partial charge on any atom is -0.435 e. The van der Waals surface area contributed by atoms with Crippen LogP contribution in [0.5, 0.6) is 11.5 Å². The van der Waals surface area contributed by atoms with Crippen LogP contribution in [0.3, 0.4) is 0 Å². The van der Waals surface area contributed by atoms with Crippen molar-refractivity contribution in [2.75, 3.05) is 10.6 Å². The second kappa shape index (κ2) is 10.8. The van der Waals surface area contributed by atoms with E-state index >= 15 is 0 Å². The van der Waals surface area contributed by atoms with Gasteiger partial charge >= 0.3 is 13.2 Å². The second-order valence-electron chi connectivity index (χ2n) is 6.88. The molecule has 3 aromatic rings. The molecule has 0 saturated carbocycles. The number of amides is 1. The third kappa shape index (κ3) is 6.11. The molecule has 2 aromatic carbocycles. The van der Waals surface area contributed by atoms with E-state index in [1.165, 1.54) is 54.3 Å². The van der Waals surface area contributed by atoms with Crippen molar-refractivity contribution in [3.05, 3.63) is 57.9 Å². The molecule has 0 aliphatic heterocycles. The zero-order chi connectivity index (χ0) is 25.9. The van der Waals surface area contributed by atoms with Gasteiger partial charge in [0, 0.05) is 11.3 Å². The number of rotatable bonds is 10. The molecule has 0 saturated heterocycles. The minimum absolute atomic E-state index is 0.00736. The van der Waals surface area contributed by atoms with Crippen LogP contribution >= 0.6 is 22.9 Å². The maximum absolute atomic E-state index is 13.0. The molecule has 0 aliphatic carbocycles. The van der Waals surface area contributed by atoms with Crippen LogP contribution in [-0.4, -0.2) is 35.9 Å². The van der Waals surface area contributed by atoms with Crippen molar-refractivity contribution in [1.82, 2.24) is 4.98 Å². The highest BCUT2D eigenvalue weighted by Gasteiger charge is 2.28. The van der Waals surface area contributed by atoms with Gasteiger partial charge in [0.25, 0.3) is 0 Å². The summed E-state index contributed by atoms with van der Waals surface area (Å²) in [6.45, 7) is -4.65. The van der Waals surface area contributed by atoms with Crippen LogP contribution < -0.4 is 25.8 Å². The molecular weight excluding hydrogens is 516 g/mol. The summed E-state index contributed by atoms with van der Waals surface area (Å²) in [6.07, 6.45) is 0. The van der Waals surface area contributed by atoms with Crippen molar-refractivity contribution in [3.63, 3.8) is 0 Å². The number of hydrogen-bond acceptors (Lipinski definition) is 8. The van der Waals surface area contributed by atoms with Crippen molar-refractivity contribution in [1.29, 1.82) is 0 Å². The zero-order valence-electron chi connectivity index (χ0n) is 17.8. The van der Waals surface area contributed by atoms with Crippen LogP contribution in [0.2, 0.25) is 5.02 Å². The molecule has 1 aromatic heterocycles. The number of nitrogens with zero attached hydrogens (tertiary/aromatic N) is 2. The van der Waals surface area contributed by atoms with Gasteiger partial charge in [-0.3, -0.25) is 9.59 Å². The van der Waals surface area contributed by atoms with E-state index in [-0.39, 0.29) is 43.6 Å². The Kier molecular flexibility index (Phi) is 8.02. The average molecular weight is 533 g/mol. The smallest absolute Gasteiger partial charge is 0.387 e. The molecule has 0 fully saturated rings. The summed E-state index contributed by atoms with van der Waals surface area (Å²) >= 11 is 6.88. The first kappa shape index (κ1) is 26.0. The molecule has 14 heteroatoms. The summed E-state index contributed by atoms with van der Waals surface area (Å²) < 4.78 is 58.4. The number of hydrogen-bond donors (Lipinski definition) is 2. The Bertz CT molecular complexity index is 1230. The SMILES string of the molecule is C[C@H](C(N)=O)N(c1ccc(OC(F)F)c(Cl)c1)c1nc(N)c(C(=O)c2ccc(OC(F)F)cc2)s1. The number of alkyl halides is 4. The molecule has 0 aliphatic rings. The molecule has 1 amide bonds. The van der Waals surface area contributed by atoms with Gasteiger partial charge in [0.05, 0.1) is 5.02 Å². The number of ether oxygens (including phenoxy) is 2. The van der Waals surface area contributed by atoms with Gasteiger partial charge in [-0.05, 0) is 49.4 Å². The number of benzene rings is 2. The molecule has 0 radical (unpaired) electrons. The normalized spacial score (nSPS) is 12.0. The lowest BCUT2D eigenvalue weighted by Crippen LogP contribution is -2.39. The van der Waals surface area contributed by atoms with E-state index < -0.39 is 31.0 Å². The molecule has 1 atom stereocenters. The average Bonchev–Trinajstić information content (AvgIpc) is 3.16. The Balaban J connectivity index is 1.97. The van der Waals surface area contributed by atoms with Gasteiger partial charge in [0.2, 0.25) is 11.7 Å². The number of primary amides is 1. The first-order valence-electron chi connectivity index (χ1n) is 9.66. The van der Waals surface area contributed by atoms with Gasteiger partial charge in [-0.25, -0.2) is 4.98 Å². The van der Waals surface area contributed by atoms with E-state index in [2.05, 4.69) is 14.5 Å². The first-order chi connectivity index (χ1) is 16.5. The van der Waals surface area contributed by atoms with Gasteiger partial charge in [-0.15, -0.1) is 0 Å². The molecular formula is C21H17ClF4N4O4S. The van der Waals surface area contributed by atoms with Gasteiger partial charge in [0.15, 0.2) is 5.13 Å². The fraction of sp³-hybridized carbons (Fsp3) is 0.190. The van der Waals surface area contributed by atoms with Crippen LogP contribution in [0.15, 0.2) is 42.5 Å².